The van der Waals surface area contributed by atoms with Crippen molar-refractivity contribution in [2.75, 3.05) is 4.90 Å². The number of rotatable bonds is 5. The zero-order chi connectivity index (χ0) is 42.6. The third-order valence-electron chi connectivity index (χ3n) is 14.2. The molecule has 3 aliphatic carbocycles. The first-order valence-corrected chi connectivity index (χ1v) is 22.5. The molecule has 1 spiro atoms. The molecule has 9 aromatic carbocycles. The number of nitrogens with zero attached hydrogens (tertiary/aromatic N) is 2. The van der Waals surface area contributed by atoms with Gasteiger partial charge in [0, 0.05) is 39.8 Å². The van der Waals surface area contributed by atoms with Crippen LogP contribution in [0, 0.1) is 0 Å². The molecule has 2 heterocycles. The van der Waals surface area contributed by atoms with Crippen molar-refractivity contribution in [3.05, 3.63) is 252 Å². The van der Waals surface area contributed by atoms with Crippen molar-refractivity contribution in [1.82, 2.24) is 4.57 Å². The second-order valence-electron chi connectivity index (χ2n) is 17.5. The third kappa shape index (κ3) is 5.19. The molecule has 0 fully saturated rings. The van der Waals surface area contributed by atoms with Gasteiger partial charge in [0.05, 0.1) is 22.1 Å². The van der Waals surface area contributed by atoms with Crippen molar-refractivity contribution < 1.29 is 9.47 Å². The summed E-state index contributed by atoms with van der Waals surface area (Å²) in [6.07, 6.45) is 7.92. The SMILES string of the molecule is C1=CCC2C(=C1)C1(c3ccccc3-c3cc4c(cc31)Oc1cc(N(c3ccccc3)c3ccc(-c5ccc6c(c5)c5ccccc5n6-c5ccccc5)cc3)ccc1O4)c1ccccc12. The Kier molecular flexibility index (Phi) is 7.70. The first kappa shape index (κ1) is 36.2. The zero-order valence-electron chi connectivity index (χ0n) is 35.4. The normalized spacial score (nSPS) is 17.0. The molecule has 4 aliphatic rings. The summed E-state index contributed by atoms with van der Waals surface area (Å²) in [5, 5.41) is 2.48. The van der Waals surface area contributed by atoms with E-state index in [0.29, 0.717) is 17.4 Å². The largest absolute Gasteiger partial charge is 0.449 e. The van der Waals surface area contributed by atoms with Crippen LogP contribution in [0.3, 0.4) is 0 Å². The Labute approximate surface area is 377 Å². The molecular weight excluding hydrogens is 793 g/mol. The monoisotopic (exact) mass is 832 g/mol. The third-order valence-corrected chi connectivity index (χ3v) is 14.2. The van der Waals surface area contributed by atoms with Crippen molar-refractivity contribution in [1.29, 1.82) is 0 Å². The van der Waals surface area contributed by atoms with Crippen LogP contribution in [0.15, 0.2) is 230 Å². The van der Waals surface area contributed by atoms with Crippen LogP contribution in [-0.2, 0) is 5.41 Å². The highest BCUT2D eigenvalue weighted by Gasteiger charge is 2.55. The second-order valence-corrected chi connectivity index (χ2v) is 17.5. The van der Waals surface area contributed by atoms with Gasteiger partial charge in [-0.25, -0.2) is 0 Å². The van der Waals surface area contributed by atoms with Crippen LogP contribution in [0.4, 0.5) is 17.1 Å². The Balaban J connectivity index is 0.841. The van der Waals surface area contributed by atoms with Crippen LogP contribution in [-0.4, -0.2) is 4.57 Å². The molecule has 1 aliphatic heterocycles. The van der Waals surface area contributed by atoms with E-state index in [1.807, 2.05) is 6.07 Å². The number of allylic oxidation sites excluding steroid dienone is 4. The number of hydrogen-bond acceptors (Lipinski definition) is 3. The summed E-state index contributed by atoms with van der Waals surface area (Å²) < 4.78 is 16.1. The predicted octanol–water partition coefficient (Wildman–Crippen LogP) is 16.1. The molecule has 10 aromatic rings. The molecule has 4 nitrogen and oxygen atoms in total. The number of ether oxygens (including phenoxy) is 2. The predicted molar refractivity (Wildman–Crippen MR) is 264 cm³/mol. The van der Waals surface area contributed by atoms with Gasteiger partial charge in [0.15, 0.2) is 23.0 Å². The van der Waals surface area contributed by atoms with Gasteiger partial charge in [0.25, 0.3) is 0 Å². The zero-order valence-corrected chi connectivity index (χ0v) is 35.4. The Morgan fingerprint density at radius 1 is 0.462 bits per heavy atom. The smallest absolute Gasteiger partial charge is 0.172 e. The lowest BCUT2D eigenvalue weighted by atomic mass is 9.69. The van der Waals surface area contributed by atoms with Crippen LogP contribution in [0.1, 0.15) is 34.6 Å². The molecule has 0 saturated heterocycles. The first-order valence-electron chi connectivity index (χ1n) is 22.5. The van der Waals surface area contributed by atoms with E-state index in [2.05, 4.69) is 228 Å². The molecule has 0 radical (unpaired) electrons. The van der Waals surface area contributed by atoms with E-state index in [-0.39, 0.29) is 0 Å². The number of fused-ring (bicyclic) bond motifs is 15. The van der Waals surface area contributed by atoms with Crippen LogP contribution >= 0.6 is 0 Å². The average Bonchev–Trinajstić information content (AvgIpc) is 3.97. The summed E-state index contributed by atoms with van der Waals surface area (Å²) in [7, 11) is 0. The van der Waals surface area contributed by atoms with Gasteiger partial charge in [-0.15, -0.1) is 0 Å². The van der Waals surface area contributed by atoms with E-state index >= 15 is 0 Å². The van der Waals surface area contributed by atoms with Gasteiger partial charge in [-0.1, -0.05) is 140 Å². The molecule has 2 atom stereocenters. The van der Waals surface area contributed by atoms with Gasteiger partial charge in [-0.05, 0) is 135 Å². The topological polar surface area (TPSA) is 26.6 Å². The number of anilines is 3. The molecule has 0 N–H and O–H groups in total. The van der Waals surface area contributed by atoms with Crippen LogP contribution in [0.25, 0.3) is 49.7 Å². The Morgan fingerprint density at radius 3 is 2.00 bits per heavy atom. The Hall–Kier alpha value is -8.34. The summed E-state index contributed by atoms with van der Waals surface area (Å²) in [4.78, 5) is 2.28. The molecule has 0 saturated carbocycles. The van der Waals surface area contributed by atoms with Crippen LogP contribution in [0.5, 0.6) is 23.0 Å². The van der Waals surface area contributed by atoms with Crippen molar-refractivity contribution in [3.63, 3.8) is 0 Å². The average molecular weight is 833 g/mol. The molecule has 306 valence electrons. The summed E-state index contributed by atoms with van der Waals surface area (Å²) in [5.41, 5.74) is 17.8. The van der Waals surface area contributed by atoms with E-state index in [1.165, 1.54) is 66.3 Å². The number of aromatic nitrogens is 1. The van der Waals surface area contributed by atoms with E-state index < -0.39 is 5.41 Å². The van der Waals surface area contributed by atoms with E-state index in [4.69, 9.17) is 9.47 Å². The highest BCUT2D eigenvalue weighted by atomic mass is 16.6. The lowest BCUT2D eigenvalue weighted by Gasteiger charge is -2.33. The van der Waals surface area contributed by atoms with Gasteiger partial charge in [0.2, 0.25) is 0 Å². The van der Waals surface area contributed by atoms with E-state index in [9.17, 15) is 0 Å². The van der Waals surface area contributed by atoms with E-state index in [1.54, 1.807) is 0 Å². The Bertz CT molecular complexity index is 3640. The van der Waals surface area contributed by atoms with E-state index in [0.717, 1.165) is 46.2 Å². The first-order chi connectivity index (χ1) is 32.2. The van der Waals surface area contributed by atoms with Gasteiger partial charge in [-0.2, -0.15) is 0 Å². The maximum Gasteiger partial charge on any atom is 0.172 e. The van der Waals surface area contributed by atoms with Crippen molar-refractivity contribution >= 4 is 38.9 Å². The summed E-state index contributed by atoms with van der Waals surface area (Å²) in [6, 6.07) is 74.3. The maximum absolute atomic E-state index is 6.98. The second kappa shape index (κ2) is 13.8. The minimum Gasteiger partial charge on any atom is -0.449 e. The fraction of sp³-hybridized carbons (Fsp3) is 0.0492. The van der Waals surface area contributed by atoms with Gasteiger partial charge < -0.3 is 18.9 Å². The standard InChI is InChI=1S/C61H40N2O2/c1-3-15-41(16-4-1)62(43-30-27-39(28-31-43)40-29-33-56-50(35-40)48-22-10-14-26-55(48)63(56)42-17-5-2-6-18-42)44-32-34-57-58(36-44)65-60-38-54-49(37-59(60)64-57)47-21-9-13-25-53(47)61(54)51-23-11-7-19-45(51)46-20-8-12-24-52(46)61/h1-19,21-38,46H,20H2. The molecule has 2 unspecified atom stereocenters. The molecule has 4 heteroatoms. The summed E-state index contributed by atoms with van der Waals surface area (Å²) >= 11 is 0. The molecule has 0 amide bonds. The lowest BCUT2D eigenvalue weighted by Crippen LogP contribution is -2.27. The minimum atomic E-state index is -0.401. The van der Waals surface area contributed by atoms with Gasteiger partial charge in [-0.3, -0.25) is 0 Å². The van der Waals surface area contributed by atoms with Crippen LogP contribution in [0.2, 0.25) is 0 Å². The minimum absolute atomic E-state index is 0.335. The maximum atomic E-state index is 6.98. The number of hydrogen-bond donors (Lipinski definition) is 0. The van der Waals surface area contributed by atoms with Crippen molar-refractivity contribution in [2.45, 2.75) is 17.8 Å². The Morgan fingerprint density at radius 2 is 1.12 bits per heavy atom. The summed E-state index contributed by atoms with van der Waals surface area (Å²) in [5.74, 6) is 3.18. The van der Waals surface area contributed by atoms with Gasteiger partial charge in [0.1, 0.15) is 0 Å². The summed E-state index contributed by atoms with van der Waals surface area (Å²) in [6.45, 7) is 0. The van der Waals surface area contributed by atoms with Crippen LogP contribution < -0.4 is 14.4 Å². The van der Waals surface area contributed by atoms with Crippen molar-refractivity contribution in [3.8, 4) is 50.9 Å². The molecule has 0 bridgehead atoms. The molecule has 14 rings (SSSR count). The highest BCUT2D eigenvalue weighted by molar-refractivity contribution is 6.10. The lowest BCUT2D eigenvalue weighted by molar-refractivity contribution is 0.359. The molecule has 65 heavy (non-hydrogen) atoms. The molecule has 1 aromatic heterocycles. The number of para-hydroxylation sites is 3. The molecular formula is C61H40N2O2. The quantitative estimate of drug-likeness (QED) is 0.173. The van der Waals surface area contributed by atoms with Gasteiger partial charge >= 0.3 is 0 Å². The highest BCUT2D eigenvalue weighted by Crippen LogP contribution is 2.66. The fourth-order valence-electron chi connectivity index (χ4n) is 11.5. The van der Waals surface area contributed by atoms with Crippen molar-refractivity contribution in [2.24, 2.45) is 0 Å². The number of benzene rings is 9. The fourth-order valence-corrected chi connectivity index (χ4v) is 11.5.